The van der Waals surface area contributed by atoms with E-state index >= 15 is 0 Å². The average Bonchev–Trinajstić information content (AvgIpc) is 2.73. The van der Waals surface area contributed by atoms with Crippen LogP contribution in [0, 0.1) is 10.1 Å². The van der Waals surface area contributed by atoms with Gasteiger partial charge in [0.1, 0.15) is 5.15 Å². The molecule has 6 heteroatoms. The van der Waals surface area contributed by atoms with Crippen LogP contribution in [-0.2, 0) is 12.8 Å². The summed E-state index contributed by atoms with van der Waals surface area (Å²) in [5, 5.41) is 11.3. The van der Waals surface area contributed by atoms with E-state index in [9.17, 15) is 10.1 Å². The molecule has 0 aliphatic heterocycles. The Bertz CT molecular complexity index is 703. The lowest BCUT2D eigenvalue weighted by molar-refractivity contribution is -0.384. The second-order valence-electron chi connectivity index (χ2n) is 5.13. The number of nitrogens with zero attached hydrogens (tertiary/aromatic N) is 3. The predicted molar refractivity (Wildman–Crippen MR) is 80.4 cm³/mol. The molecule has 0 radical (unpaired) electrons. The number of halogens is 1. The van der Waals surface area contributed by atoms with Gasteiger partial charge in [-0.15, -0.1) is 0 Å². The molecule has 0 atom stereocenters. The number of hydrogen-bond acceptors (Lipinski definition) is 4. The zero-order valence-corrected chi connectivity index (χ0v) is 12.1. The van der Waals surface area contributed by atoms with Gasteiger partial charge in [-0.2, -0.15) is 0 Å². The van der Waals surface area contributed by atoms with E-state index < -0.39 is 4.92 Å². The third-order valence-corrected chi connectivity index (χ3v) is 4.01. The summed E-state index contributed by atoms with van der Waals surface area (Å²) in [4.78, 5) is 19.4. The van der Waals surface area contributed by atoms with Crippen LogP contribution in [0.5, 0.6) is 0 Å². The Balaban J connectivity index is 2.07. The Morgan fingerprint density at radius 2 is 1.95 bits per heavy atom. The number of aromatic nitrogens is 2. The summed E-state index contributed by atoms with van der Waals surface area (Å²) in [6.07, 6.45) is 5.16. The molecule has 0 N–H and O–H groups in total. The van der Waals surface area contributed by atoms with Gasteiger partial charge < -0.3 is 0 Å². The van der Waals surface area contributed by atoms with Crippen LogP contribution in [0.4, 0.5) is 5.69 Å². The minimum atomic E-state index is -0.422. The normalized spacial score (nSPS) is 14.3. The summed E-state index contributed by atoms with van der Waals surface area (Å²) in [7, 11) is 0. The number of non-ortho nitro benzene ring substituents is 1. The summed E-state index contributed by atoms with van der Waals surface area (Å²) in [5.41, 5.74) is 2.66. The number of nitro benzene ring substituents is 1. The van der Waals surface area contributed by atoms with Gasteiger partial charge in [0.05, 0.1) is 4.92 Å². The molecule has 0 saturated heterocycles. The summed E-state index contributed by atoms with van der Waals surface area (Å²) in [6, 6.07) is 6.33. The molecule has 0 bridgehead atoms. The second-order valence-corrected chi connectivity index (χ2v) is 5.49. The first-order valence-corrected chi connectivity index (χ1v) is 7.33. The zero-order valence-electron chi connectivity index (χ0n) is 11.4. The minimum absolute atomic E-state index is 0.0298. The topological polar surface area (TPSA) is 68.9 Å². The van der Waals surface area contributed by atoms with Crippen LogP contribution in [0.2, 0.25) is 5.15 Å². The summed E-state index contributed by atoms with van der Waals surface area (Å²) in [5.74, 6) is 0.462. The van der Waals surface area contributed by atoms with Crippen molar-refractivity contribution in [2.24, 2.45) is 0 Å². The Kier molecular flexibility index (Phi) is 3.84. The van der Waals surface area contributed by atoms with E-state index in [2.05, 4.69) is 9.97 Å². The molecule has 0 fully saturated rings. The van der Waals surface area contributed by atoms with Crippen LogP contribution in [0.1, 0.15) is 30.5 Å². The highest BCUT2D eigenvalue weighted by atomic mass is 35.5. The molecular weight excluding hydrogens is 290 g/mol. The molecule has 2 aromatic rings. The molecule has 1 aliphatic carbocycles. The maximum Gasteiger partial charge on any atom is 0.270 e. The van der Waals surface area contributed by atoms with Crippen molar-refractivity contribution in [3.63, 3.8) is 0 Å². The SMILES string of the molecule is O=[N+]([O-])c1cccc(-c2nc(Cl)c3c(n2)CCCCC3)c1. The van der Waals surface area contributed by atoms with Gasteiger partial charge in [-0.3, -0.25) is 10.1 Å². The first-order chi connectivity index (χ1) is 10.1. The Labute approximate surface area is 127 Å². The number of aryl methyl sites for hydroxylation is 1. The van der Waals surface area contributed by atoms with Crippen molar-refractivity contribution in [1.82, 2.24) is 9.97 Å². The Morgan fingerprint density at radius 3 is 2.76 bits per heavy atom. The lowest BCUT2D eigenvalue weighted by atomic mass is 10.1. The second kappa shape index (κ2) is 5.77. The molecule has 108 valence electrons. The maximum absolute atomic E-state index is 10.9. The monoisotopic (exact) mass is 303 g/mol. The highest BCUT2D eigenvalue weighted by Gasteiger charge is 2.17. The average molecular weight is 304 g/mol. The largest absolute Gasteiger partial charge is 0.270 e. The van der Waals surface area contributed by atoms with E-state index in [1.165, 1.54) is 18.6 Å². The standard InChI is InChI=1S/C15H14ClN3O2/c16-14-12-7-2-1-3-8-13(12)17-15(18-14)10-5-4-6-11(9-10)19(20)21/h4-6,9H,1-3,7-8H2. The zero-order chi connectivity index (χ0) is 14.8. The van der Waals surface area contributed by atoms with E-state index in [4.69, 9.17) is 11.6 Å². The van der Waals surface area contributed by atoms with Crippen molar-refractivity contribution in [2.75, 3.05) is 0 Å². The van der Waals surface area contributed by atoms with Gasteiger partial charge in [0, 0.05) is 29.0 Å². The molecule has 21 heavy (non-hydrogen) atoms. The van der Waals surface area contributed by atoms with Gasteiger partial charge in [-0.25, -0.2) is 9.97 Å². The fraction of sp³-hybridized carbons (Fsp3) is 0.333. The number of benzene rings is 1. The molecule has 1 aliphatic rings. The molecule has 3 rings (SSSR count). The van der Waals surface area contributed by atoms with E-state index in [1.54, 1.807) is 12.1 Å². The fourth-order valence-electron chi connectivity index (χ4n) is 2.61. The number of hydrogen-bond donors (Lipinski definition) is 0. The summed E-state index contributed by atoms with van der Waals surface area (Å²) >= 11 is 6.29. The van der Waals surface area contributed by atoms with Gasteiger partial charge in [0.2, 0.25) is 0 Å². The maximum atomic E-state index is 10.9. The van der Waals surface area contributed by atoms with Crippen LogP contribution in [0.3, 0.4) is 0 Å². The number of fused-ring (bicyclic) bond motifs is 1. The van der Waals surface area contributed by atoms with Crippen LogP contribution in [0.25, 0.3) is 11.4 Å². The quantitative estimate of drug-likeness (QED) is 0.364. The summed E-state index contributed by atoms with van der Waals surface area (Å²) in [6.45, 7) is 0. The molecule has 1 aromatic heterocycles. The number of rotatable bonds is 2. The lowest BCUT2D eigenvalue weighted by Gasteiger charge is -2.09. The highest BCUT2D eigenvalue weighted by Crippen LogP contribution is 2.28. The van der Waals surface area contributed by atoms with Crippen molar-refractivity contribution in [3.05, 3.63) is 50.8 Å². The van der Waals surface area contributed by atoms with Crippen molar-refractivity contribution in [1.29, 1.82) is 0 Å². The Morgan fingerprint density at radius 1 is 1.14 bits per heavy atom. The molecule has 0 saturated carbocycles. The minimum Gasteiger partial charge on any atom is -0.258 e. The molecule has 0 spiro atoms. The molecule has 1 heterocycles. The van der Waals surface area contributed by atoms with Crippen molar-refractivity contribution < 1.29 is 4.92 Å². The van der Waals surface area contributed by atoms with E-state index in [0.717, 1.165) is 36.9 Å². The van der Waals surface area contributed by atoms with Gasteiger partial charge in [-0.1, -0.05) is 30.2 Å². The van der Waals surface area contributed by atoms with E-state index in [0.29, 0.717) is 16.5 Å². The van der Waals surface area contributed by atoms with Crippen molar-refractivity contribution in [2.45, 2.75) is 32.1 Å². The summed E-state index contributed by atoms with van der Waals surface area (Å²) < 4.78 is 0. The Hall–Kier alpha value is -2.01. The number of nitro groups is 1. The van der Waals surface area contributed by atoms with Crippen molar-refractivity contribution >= 4 is 17.3 Å². The molecule has 1 aromatic carbocycles. The highest BCUT2D eigenvalue weighted by molar-refractivity contribution is 6.30. The first kappa shape index (κ1) is 13.9. The molecule has 5 nitrogen and oxygen atoms in total. The third kappa shape index (κ3) is 2.88. The smallest absolute Gasteiger partial charge is 0.258 e. The van der Waals surface area contributed by atoms with E-state index in [1.807, 2.05) is 0 Å². The van der Waals surface area contributed by atoms with E-state index in [-0.39, 0.29) is 5.69 Å². The fourth-order valence-corrected chi connectivity index (χ4v) is 2.90. The van der Waals surface area contributed by atoms with Gasteiger partial charge in [0.25, 0.3) is 5.69 Å². The van der Waals surface area contributed by atoms with Gasteiger partial charge in [-0.05, 0) is 25.7 Å². The van der Waals surface area contributed by atoms with Crippen molar-refractivity contribution in [3.8, 4) is 11.4 Å². The first-order valence-electron chi connectivity index (χ1n) is 6.95. The predicted octanol–water partition coefficient (Wildman–Crippen LogP) is 3.97. The van der Waals surface area contributed by atoms with Crippen LogP contribution >= 0.6 is 11.6 Å². The third-order valence-electron chi connectivity index (χ3n) is 3.70. The molecular formula is C15H14ClN3O2. The van der Waals surface area contributed by atoms with Gasteiger partial charge >= 0.3 is 0 Å². The van der Waals surface area contributed by atoms with Crippen LogP contribution in [-0.4, -0.2) is 14.9 Å². The molecule has 0 unspecified atom stereocenters. The lowest BCUT2D eigenvalue weighted by Crippen LogP contribution is -2.02. The van der Waals surface area contributed by atoms with Crippen LogP contribution in [0.15, 0.2) is 24.3 Å². The van der Waals surface area contributed by atoms with Gasteiger partial charge in [0.15, 0.2) is 5.82 Å². The van der Waals surface area contributed by atoms with Crippen LogP contribution < -0.4 is 0 Å². The molecule has 0 amide bonds.